The minimum atomic E-state index is -0.279. The Labute approximate surface area is 184 Å². The second-order valence-electron chi connectivity index (χ2n) is 7.46. The van der Waals surface area contributed by atoms with Gasteiger partial charge in [0.25, 0.3) is 0 Å². The van der Waals surface area contributed by atoms with Crippen molar-refractivity contribution in [3.8, 4) is 5.75 Å². The molecule has 2 rings (SSSR count). The Kier molecular flexibility index (Phi) is 10.2. The molecule has 0 aliphatic carbocycles. The molecule has 0 spiro atoms. The SMILES string of the molecule is CCCCOc1ccc(C[C@H](N)C2=NC(/C=C(C)/C=C(/C)C(=O)OCC)CS2)cc1. The third-order valence-electron chi connectivity index (χ3n) is 4.65. The molecule has 1 aromatic rings. The number of aliphatic imine (C=N–C) groups is 1. The van der Waals surface area contributed by atoms with E-state index in [1.165, 1.54) is 5.56 Å². The Morgan fingerprint density at radius 3 is 2.70 bits per heavy atom. The van der Waals surface area contributed by atoms with Crippen LogP contribution in [0.4, 0.5) is 0 Å². The molecule has 2 atom stereocenters. The molecule has 1 aliphatic heterocycles. The number of carbonyl (C=O) groups is 1. The van der Waals surface area contributed by atoms with Crippen molar-refractivity contribution in [2.75, 3.05) is 19.0 Å². The van der Waals surface area contributed by atoms with Crippen molar-refractivity contribution in [2.24, 2.45) is 10.7 Å². The van der Waals surface area contributed by atoms with Gasteiger partial charge in [0.2, 0.25) is 0 Å². The van der Waals surface area contributed by atoms with Gasteiger partial charge in [0.15, 0.2) is 0 Å². The second kappa shape index (κ2) is 12.6. The number of hydrogen-bond acceptors (Lipinski definition) is 6. The zero-order chi connectivity index (χ0) is 21.9. The van der Waals surface area contributed by atoms with Crippen LogP contribution in [-0.4, -0.2) is 42.1 Å². The van der Waals surface area contributed by atoms with E-state index in [1.807, 2.05) is 25.1 Å². The first-order valence-electron chi connectivity index (χ1n) is 10.6. The fourth-order valence-corrected chi connectivity index (χ4v) is 4.11. The van der Waals surface area contributed by atoms with Crippen LogP contribution in [-0.2, 0) is 16.0 Å². The van der Waals surface area contributed by atoms with Crippen molar-refractivity contribution in [1.82, 2.24) is 0 Å². The summed E-state index contributed by atoms with van der Waals surface area (Å²) in [5.74, 6) is 1.50. The summed E-state index contributed by atoms with van der Waals surface area (Å²) in [5.41, 5.74) is 9.19. The lowest BCUT2D eigenvalue weighted by Gasteiger charge is -2.12. The molecular weight excluding hydrogens is 396 g/mol. The summed E-state index contributed by atoms with van der Waals surface area (Å²) in [6.07, 6.45) is 6.87. The van der Waals surface area contributed by atoms with Crippen LogP contribution in [0.3, 0.4) is 0 Å². The van der Waals surface area contributed by atoms with Crippen molar-refractivity contribution in [3.05, 3.63) is 53.1 Å². The molecule has 5 nitrogen and oxygen atoms in total. The molecule has 0 amide bonds. The highest BCUT2D eigenvalue weighted by molar-refractivity contribution is 8.14. The molecule has 0 fully saturated rings. The van der Waals surface area contributed by atoms with Gasteiger partial charge in [-0.1, -0.05) is 37.1 Å². The molecule has 0 radical (unpaired) electrons. The van der Waals surface area contributed by atoms with E-state index in [0.29, 0.717) is 12.2 Å². The summed E-state index contributed by atoms with van der Waals surface area (Å²) in [5, 5.41) is 0.985. The van der Waals surface area contributed by atoms with E-state index in [9.17, 15) is 4.79 Å². The highest BCUT2D eigenvalue weighted by Crippen LogP contribution is 2.24. The van der Waals surface area contributed by atoms with Crippen LogP contribution in [0.15, 0.2) is 52.6 Å². The maximum Gasteiger partial charge on any atom is 0.333 e. The molecule has 30 heavy (non-hydrogen) atoms. The van der Waals surface area contributed by atoms with Crippen LogP contribution in [0.2, 0.25) is 0 Å². The van der Waals surface area contributed by atoms with E-state index in [0.717, 1.165) is 48.0 Å². The molecule has 164 valence electrons. The van der Waals surface area contributed by atoms with Gasteiger partial charge in [0.1, 0.15) is 5.75 Å². The number of thioether (sulfide) groups is 1. The number of nitrogens with two attached hydrogens (primary N) is 1. The van der Waals surface area contributed by atoms with Gasteiger partial charge in [0, 0.05) is 11.3 Å². The van der Waals surface area contributed by atoms with Crippen molar-refractivity contribution in [2.45, 2.75) is 59.0 Å². The standard InChI is InChI=1S/C24H34N2O3S/c1-5-7-12-29-21-10-8-19(9-11-21)15-22(25)23-26-20(16-30-23)14-17(3)13-18(4)24(27)28-6-2/h8-11,13-14,20,22H,5-7,12,15-16,25H2,1-4H3/b17-14+,18-13-/t20?,22-/m0/s1. The van der Waals surface area contributed by atoms with E-state index < -0.39 is 0 Å². The number of carbonyl (C=O) groups excluding carboxylic acids is 1. The van der Waals surface area contributed by atoms with E-state index in [4.69, 9.17) is 20.2 Å². The summed E-state index contributed by atoms with van der Waals surface area (Å²) < 4.78 is 10.7. The average molecular weight is 431 g/mol. The first kappa shape index (κ1) is 24.2. The van der Waals surface area contributed by atoms with E-state index >= 15 is 0 Å². The molecule has 0 bridgehead atoms. The Hall–Kier alpha value is -2.05. The van der Waals surface area contributed by atoms with Gasteiger partial charge >= 0.3 is 5.97 Å². The van der Waals surface area contributed by atoms with E-state index in [1.54, 1.807) is 25.6 Å². The van der Waals surface area contributed by atoms with Crippen LogP contribution < -0.4 is 10.5 Å². The lowest BCUT2D eigenvalue weighted by atomic mass is 10.1. The number of benzene rings is 1. The number of hydrogen-bond donors (Lipinski definition) is 1. The normalized spacial score (nSPS) is 18.2. The van der Waals surface area contributed by atoms with Crippen LogP contribution in [0, 0.1) is 0 Å². The molecule has 1 aliphatic rings. The maximum atomic E-state index is 11.7. The lowest BCUT2D eigenvalue weighted by Crippen LogP contribution is -2.30. The second-order valence-corrected chi connectivity index (χ2v) is 8.50. The number of ether oxygens (including phenoxy) is 2. The monoisotopic (exact) mass is 430 g/mol. The highest BCUT2D eigenvalue weighted by Gasteiger charge is 2.21. The van der Waals surface area contributed by atoms with Gasteiger partial charge in [-0.3, -0.25) is 4.99 Å². The summed E-state index contributed by atoms with van der Waals surface area (Å²) in [6, 6.07) is 8.13. The first-order valence-corrected chi connectivity index (χ1v) is 11.6. The maximum absolute atomic E-state index is 11.7. The van der Waals surface area contributed by atoms with Crippen molar-refractivity contribution in [1.29, 1.82) is 0 Å². The van der Waals surface area contributed by atoms with Gasteiger partial charge in [0.05, 0.1) is 30.3 Å². The molecule has 1 heterocycles. The minimum Gasteiger partial charge on any atom is -0.494 e. The van der Waals surface area contributed by atoms with Crippen LogP contribution in [0.25, 0.3) is 0 Å². The quantitative estimate of drug-likeness (QED) is 0.238. The Balaban J connectivity index is 1.91. The van der Waals surface area contributed by atoms with Crippen molar-refractivity contribution < 1.29 is 14.3 Å². The predicted molar refractivity (Wildman–Crippen MR) is 126 cm³/mol. The topological polar surface area (TPSA) is 73.9 Å². The molecule has 1 aromatic carbocycles. The smallest absolute Gasteiger partial charge is 0.333 e. The van der Waals surface area contributed by atoms with Gasteiger partial charge < -0.3 is 15.2 Å². The van der Waals surface area contributed by atoms with Gasteiger partial charge in [-0.25, -0.2) is 4.79 Å². The fourth-order valence-electron chi connectivity index (χ4n) is 3.09. The zero-order valence-electron chi connectivity index (χ0n) is 18.5. The Morgan fingerprint density at radius 2 is 2.03 bits per heavy atom. The average Bonchev–Trinajstić information content (AvgIpc) is 3.18. The third kappa shape index (κ3) is 8.00. The van der Waals surface area contributed by atoms with Crippen LogP contribution in [0.5, 0.6) is 5.75 Å². The molecule has 0 saturated heterocycles. The van der Waals surface area contributed by atoms with E-state index in [-0.39, 0.29) is 18.1 Å². The van der Waals surface area contributed by atoms with Gasteiger partial charge in [-0.2, -0.15) is 0 Å². The van der Waals surface area contributed by atoms with Crippen molar-refractivity contribution >= 4 is 22.8 Å². The summed E-state index contributed by atoms with van der Waals surface area (Å²) in [4.78, 5) is 16.5. The number of nitrogens with zero attached hydrogens (tertiary/aromatic N) is 1. The molecule has 0 aromatic heterocycles. The Bertz CT molecular complexity index is 784. The largest absolute Gasteiger partial charge is 0.494 e. The summed E-state index contributed by atoms with van der Waals surface area (Å²) in [6.45, 7) is 8.84. The van der Waals surface area contributed by atoms with Crippen LogP contribution in [0.1, 0.15) is 46.1 Å². The van der Waals surface area contributed by atoms with Gasteiger partial charge in [-0.15, -0.1) is 11.8 Å². The Morgan fingerprint density at radius 1 is 1.30 bits per heavy atom. The summed E-state index contributed by atoms with van der Waals surface area (Å²) >= 11 is 1.71. The predicted octanol–water partition coefficient (Wildman–Crippen LogP) is 4.70. The number of unbranched alkanes of at least 4 members (excludes halogenated alkanes) is 1. The van der Waals surface area contributed by atoms with Crippen LogP contribution >= 0.6 is 11.8 Å². The molecule has 0 saturated carbocycles. The minimum absolute atomic E-state index is 0.0802. The zero-order valence-corrected chi connectivity index (χ0v) is 19.3. The highest BCUT2D eigenvalue weighted by atomic mass is 32.2. The number of allylic oxidation sites excluding steroid dienone is 2. The van der Waals surface area contributed by atoms with Crippen molar-refractivity contribution in [3.63, 3.8) is 0 Å². The number of esters is 1. The van der Waals surface area contributed by atoms with Gasteiger partial charge in [-0.05, 0) is 57.4 Å². The lowest BCUT2D eigenvalue weighted by molar-refractivity contribution is -0.138. The van der Waals surface area contributed by atoms with E-state index in [2.05, 4.69) is 25.1 Å². The number of rotatable bonds is 11. The third-order valence-corrected chi connectivity index (χ3v) is 5.87. The molecule has 1 unspecified atom stereocenters. The molecule has 6 heteroatoms. The molecular formula is C24H34N2O3S. The first-order chi connectivity index (χ1) is 14.4. The molecule has 2 N–H and O–H groups in total. The summed E-state index contributed by atoms with van der Waals surface area (Å²) in [7, 11) is 0. The fraction of sp³-hybridized carbons (Fsp3) is 0.500.